The van der Waals surface area contributed by atoms with Gasteiger partial charge in [0.05, 0.1) is 17.9 Å². The largest absolute Gasteiger partial charge is 0.418 e. The molecule has 3 rings (SSSR count). The van der Waals surface area contributed by atoms with E-state index in [0.717, 1.165) is 30.2 Å². The van der Waals surface area contributed by atoms with Crippen LogP contribution in [-0.2, 0) is 20.5 Å². The van der Waals surface area contributed by atoms with Crippen LogP contribution in [0.1, 0.15) is 45.6 Å². The third-order valence-electron chi connectivity index (χ3n) is 5.97. The van der Waals surface area contributed by atoms with Crippen molar-refractivity contribution in [1.29, 1.82) is 0 Å². The van der Waals surface area contributed by atoms with Gasteiger partial charge in [0, 0.05) is 31.4 Å². The number of nitrogens with zero attached hydrogens (tertiary/aromatic N) is 2. The van der Waals surface area contributed by atoms with Crippen molar-refractivity contribution < 1.29 is 27.5 Å². The predicted molar refractivity (Wildman–Crippen MR) is 120 cm³/mol. The minimum atomic E-state index is -4.70. The third kappa shape index (κ3) is 6.24. The highest BCUT2D eigenvalue weighted by molar-refractivity contribution is 5.98. The van der Waals surface area contributed by atoms with Gasteiger partial charge in [0.25, 0.3) is 5.91 Å². The van der Waals surface area contributed by atoms with Gasteiger partial charge in [-0.25, -0.2) is 0 Å². The van der Waals surface area contributed by atoms with E-state index in [-0.39, 0.29) is 49.1 Å². The quantitative estimate of drug-likeness (QED) is 0.639. The molecule has 2 aliphatic rings. The second-order valence-electron chi connectivity index (χ2n) is 9.89. The van der Waals surface area contributed by atoms with E-state index in [9.17, 15) is 22.8 Å². The number of morpholine rings is 1. The summed E-state index contributed by atoms with van der Waals surface area (Å²) in [5.74, 6) is -0.970. The highest BCUT2D eigenvalue weighted by Crippen LogP contribution is 2.39. The van der Waals surface area contributed by atoms with E-state index in [1.807, 2.05) is 0 Å². The molecule has 0 spiro atoms. The summed E-state index contributed by atoms with van der Waals surface area (Å²) in [6.07, 6.45) is -1.67. The number of nitrogens with one attached hydrogen (secondary N) is 1. The first kappa shape index (κ1) is 25.5. The molecule has 1 saturated heterocycles. The van der Waals surface area contributed by atoms with Gasteiger partial charge >= 0.3 is 6.18 Å². The Morgan fingerprint density at radius 3 is 2.52 bits per heavy atom. The molecule has 1 aliphatic carbocycles. The van der Waals surface area contributed by atoms with Crippen molar-refractivity contribution in [2.45, 2.75) is 58.3 Å². The first-order chi connectivity index (χ1) is 15.4. The summed E-state index contributed by atoms with van der Waals surface area (Å²) in [4.78, 5) is 28.4. The lowest BCUT2D eigenvalue weighted by Gasteiger charge is -2.44. The zero-order chi connectivity index (χ0) is 24.4. The number of hydrogen-bond donors (Lipinski definition) is 2. The van der Waals surface area contributed by atoms with Crippen molar-refractivity contribution in [3.8, 4) is 0 Å². The molecule has 1 atom stereocenters. The van der Waals surface area contributed by atoms with Gasteiger partial charge in [0.2, 0.25) is 5.91 Å². The third-order valence-corrected chi connectivity index (χ3v) is 5.97. The molecule has 0 radical (unpaired) electrons. The molecule has 33 heavy (non-hydrogen) atoms. The zero-order valence-electron chi connectivity index (χ0n) is 19.4. The highest BCUT2D eigenvalue weighted by atomic mass is 19.4. The van der Waals surface area contributed by atoms with Gasteiger partial charge < -0.3 is 20.7 Å². The van der Waals surface area contributed by atoms with Gasteiger partial charge in [-0.05, 0) is 36.5 Å². The fraction of sp³-hybridized carbons (Fsp3) is 0.652. The Hall–Kier alpha value is -2.17. The zero-order valence-corrected chi connectivity index (χ0v) is 19.4. The minimum Gasteiger partial charge on any atom is -0.370 e. The molecule has 1 heterocycles. The molecule has 1 aromatic carbocycles. The van der Waals surface area contributed by atoms with Crippen LogP contribution in [0.3, 0.4) is 0 Å². The molecule has 2 fully saturated rings. The number of rotatable bonds is 7. The molecule has 10 heteroatoms. The van der Waals surface area contributed by atoms with Crippen LogP contribution in [0.25, 0.3) is 0 Å². The monoisotopic (exact) mass is 470 g/mol. The van der Waals surface area contributed by atoms with Gasteiger partial charge in [0.15, 0.2) is 0 Å². The lowest BCUT2D eigenvalue weighted by atomic mass is 9.86. The molecular weight excluding hydrogens is 437 g/mol. The van der Waals surface area contributed by atoms with E-state index in [1.54, 1.807) is 0 Å². The molecule has 3 N–H and O–H groups in total. The number of anilines is 2. The van der Waals surface area contributed by atoms with Crippen LogP contribution < -0.4 is 16.0 Å². The van der Waals surface area contributed by atoms with Crippen molar-refractivity contribution in [1.82, 2.24) is 4.90 Å². The van der Waals surface area contributed by atoms with E-state index in [1.165, 1.54) is 12.1 Å². The van der Waals surface area contributed by atoms with Crippen molar-refractivity contribution in [3.63, 3.8) is 0 Å². The average Bonchev–Trinajstić information content (AvgIpc) is 2.66. The second kappa shape index (κ2) is 9.99. The van der Waals surface area contributed by atoms with Gasteiger partial charge in [-0.15, -0.1) is 0 Å². The summed E-state index contributed by atoms with van der Waals surface area (Å²) >= 11 is 0. The molecule has 1 aliphatic heterocycles. The summed E-state index contributed by atoms with van der Waals surface area (Å²) in [5.41, 5.74) is 4.68. The molecule has 7 nitrogen and oxygen atoms in total. The fourth-order valence-electron chi connectivity index (χ4n) is 4.23. The lowest BCUT2D eigenvalue weighted by Crippen LogP contribution is -2.57. The predicted octanol–water partition coefficient (Wildman–Crippen LogP) is 3.24. The second-order valence-corrected chi connectivity index (χ2v) is 9.89. The van der Waals surface area contributed by atoms with E-state index in [0.29, 0.717) is 6.54 Å². The number of halogens is 3. The van der Waals surface area contributed by atoms with Crippen LogP contribution in [0.5, 0.6) is 0 Å². The number of hydrogen-bond acceptors (Lipinski definition) is 5. The topological polar surface area (TPSA) is 87.9 Å². The number of amides is 2. The van der Waals surface area contributed by atoms with Crippen molar-refractivity contribution in [3.05, 3.63) is 23.8 Å². The first-order valence-corrected chi connectivity index (χ1v) is 11.3. The Labute approximate surface area is 192 Å². The Kier molecular flexibility index (Phi) is 7.70. The maximum atomic E-state index is 13.8. The Bertz CT molecular complexity index is 865. The normalized spacial score (nSPS) is 18.9. The molecule has 1 saturated carbocycles. The smallest absolute Gasteiger partial charge is 0.370 e. The summed E-state index contributed by atoms with van der Waals surface area (Å²) in [5, 5.41) is 2.63. The molecule has 0 unspecified atom stereocenters. The Balaban J connectivity index is 1.85. The van der Waals surface area contributed by atoms with Crippen LogP contribution in [0.15, 0.2) is 18.2 Å². The van der Waals surface area contributed by atoms with Crippen LogP contribution in [0, 0.1) is 5.41 Å². The molecule has 184 valence electrons. The average molecular weight is 471 g/mol. The van der Waals surface area contributed by atoms with Crippen molar-refractivity contribution in [2.75, 3.05) is 43.1 Å². The molecule has 0 aromatic heterocycles. The van der Waals surface area contributed by atoms with Gasteiger partial charge in [-0.3, -0.25) is 14.5 Å². The van der Waals surface area contributed by atoms with Crippen molar-refractivity contribution >= 4 is 23.2 Å². The summed E-state index contributed by atoms with van der Waals surface area (Å²) in [7, 11) is 0. The van der Waals surface area contributed by atoms with Gasteiger partial charge in [0.1, 0.15) is 12.6 Å². The highest BCUT2D eigenvalue weighted by Gasteiger charge is 2.38. The molecule has 0 bridgehead atoms. The van der Waals surface area contributed by atoms with Crippen LogP contribution in [0.4, 0.5) is 24.5 Å². The number of nitrogens with two attached hydrogens (primary N) is 1. The number of alkyl halides is 3. The van der Waals surface area contributed by atoms with E-state index < -0.39 is 29.6 Å². The SMILES string of the molecule is CC(C)(C)CN(C1CCC1)[C@H](CN)C(=O)Nc1ccc(N2CCOCC2=O)c(C(F)(F)F)c1. The van der Waals surface area contributed by atoms with E-state index in [4.69, 9.17) is 10.5 Å². The maximum absolute atomic E-state index is 13.8. The van der Waals surface area contributed by atoms with E-state index in [2.05, 4.69) is 31.0 Å². The fourth-order valence-corrected chi connectivity index (χ4v) is 4.23. The Morgan fingerprint density at radius 2 is 2.00 bits per heavy atom. The van der Waals surface area contributed by atoms with E-state index >= 15 is 0 Å². The summed E-state index contributed by atoms with van der Waals surface area (Å²) < 4.78 is 46.5. The Morgan fingerprint density at radius 1 is 1.30 bits per heavy atom. The number of carbonyl (C=O) groups excluding carboxylic acids is 2. The van der Waals surface area contributed by atoms with Gasteiger partial charge in [-0.1, -0.05) is 27.2 Å². The van der Waals surface area contributed by atoms with Crippen molar-refractivity contribution in [2.24, 2.45) is 11.1 Å². The standard InChI is InChI=1S/C23H33F3N4O3/c1-22(2,3)14-30(16-5-4-6-16)19(12-27)21(32)28-15-7-8-18(17(11-15)23(24,25)26)29-9-10-33-13-20(29)31/h7-8,11,16,19H,4-6,9-10,12-14,27H2,1-3H3,(H,28,32)/t19-/m1/s1. The molecule has 1 aromatic rings. The van der Waals surface area contributed by atoms with Crippen LogP contribution in [-0.4, -0.2) is 61.6 Å². The van der Waals surface area contributed by atoms with Crippen LogP contribution in [0.2, 0.25) is 0 Å². The lowest BCUT2D eigenvalue weighted by molar-refractivity contribution is -0.137. The minimum absolute atomic E-state index is 0.0135. The number of carbonyl (C=O) groups is 2. The maximum Gasteiger partial charge on any atom is 0.418 e. The molecular formula is C23H33F3N4O3. The summed E-state index contributed by atoms with van der Waals surface area (Å²) in [6.45, 7) is 6.86. The number of ether oxygens (including phenoxy) is 1. The first-order valence-electron chi connectivity index (χ1n) is 11.3. The molecule has 2 amide bonds. The van der Waals surface area contributed by atoms with Crippen LogP contribution >= 0.6 is 0 Å². The summed E-state index contributed by atoms with van der Waals surface area (Å²) in [6, 6.07) is 3.07. The number of benzene rings is 1. The van der Waals surface area contributed by atoms with Gasteiger partial charge in [-0.2, -0.15) is 13.2 Å².